The predicted molar refractivity (Wildman–Crippen MR) is 17.6 cm³/mol. The second kappa shape index (κ2) is 22.9. The molecule has 0 aliphatic heterocycles. The standard InChI is InChI=1S/Ce.K.NO3.2H2O/c;;2-1(3)4;;/h;;;2*1H2/q+3;+1;-1;;. The Morgan fingerprint density at radius 1 is 1.12 bits per heavy atom. The Hall–Kier alpha value is 2.13. The largest absolute Gasteiger partial charge is 3.00 e. The Kier molecular flexibility index (Phi) is 91.9. The van der Waals surface area contributed by atoms with E-state index in [1.54, 1.807) is 0 Å². The molecule has 0 unspecified atom stereocenters. The minimum absolute atomic E-state index is 0. The molecule has 0 aliphatic carbocycles. The normalized spacial score (nSPS) is 3.00. The van der Waals surface area contributed by atoms with Crippen LogP contribution in [0, 0.1) is 57.1 Å². The molecule has 4 N–H and O–H groups in total. The average molecular weight is 277 g/mol. The summed E-state index contributed by atoms with van der Waals surface area (Å²) in [5, 5.41) is 14.8. The fourth-order valence-corrected chi connectivity index (χ4v) is 0. The van der Waals surface area contributed by atoms with E-state index in [2.05, 4.69) is 0 Å². The molecule has 0 bridgehead atoms. The number of rotatable bonds is 0. The van der Waals surface area contributed by atoms with Gasteiger partial charge in [-0.15, -0.1) is 0 Å². The van der Waals surface area contributed by atoms with Crippen molar-refractivity contribution >= 4 is 0 Å². The van der Waals surface area contributed by atoms with E-state index < -0.39 is 5.09 Å². The molecule has 41 valence electrons. The van der Waals surface area contributed by atoms with Crippen molar-refractivity contribution in [2.45, 2.75) is 0 Å². The SMILES string of the molecule is O.O.O=[N+]([O-])[O-].[Ce+3].[K+]. The summed E-state index contributed by atoms with van der Waals surface area (Å²) in [5.41, 5.74) is 0. The molecule has 0 saturated heterocycles. The van der Waals surface area contributed by atoms with Crippen LogP contribution in [-0.4, -0.2) is 16.0 Å². The van der Waals surface area contributed by atoms with Crippen LogP contribution in [0.15, 0.2) is 0 Å². The summed E-state index contributed by atoms with van der Waals surface area (Å²) in [4.78, 5) is 8.25. The Morgan fingerprint density at radius 2 is 1.12 bits per heavy atom. The molecule has 8 heavy (non-hydrogen) atoms. The zero-order valence-electron chi connectivity index (χ0n) is 4.17. The molecule has 0 atom stereocenters. The third kappa shape index (κ3) is 91.0. The molecular weight excluding hydrogens is 273 g/mol. The third-order valence-corrected chi connectivity index (χ3v) is 0. The maximum atomic E-state index is 8.25. The van der Waals surface area contributed by atoms with Crippen LogP contribution in [0.1, 0.15) is 0 Å². The second-order valence-electron chi connectivity index (χ2n) is 0.224. The number of nitrogens with zero attached hydrogens (tertiary/aromatic N) is 1. The van der Waals surface area contributed by atoms with Crippen LogP contribution in [-0.2, 0) is 0 Å². The van der Waals surface area contributed by atoms with Crippen LogP contribution >= 0.6 is 0 Å². The molecule has 0 aromatic rings. The fraction of sp³-hybridized carbons (Fsp3) is 0. The quantitative estimate of drug-likeness (QED) is 0.250. The van der Waals surface area contributed by atoms with E-state index in [9.17, 15) is 0 Å². The van der Waals surface area contributed by atoms with Crippen molar-refractivity contribution in [1.82, 2.24) is 0 Å². The fourth-order valence-electron chi connectivity index (χ4n) is 0. The Morgan fingerprint density at radius 3 is 1.12 bits per heavy atom. The first kappa shape index (κ1) is 32.1. The first-order valence-electron chi connectivity index (χ1n) is 0.548. The van der Waals surface area contributed by atoms with Gasteiger partial charge in [0.05, 0.1) is 5.09 Å². The zero-order chi connectivity index (χ0) is 3.58. The summed E-state index contributed by atoms with van der Waals surface area (Å²) in [6.45, 7) is 0. The molecule has 6 nitrogen and oxygen atoms in total. The van der Waals surface area contributed by atoms with Gasteiger partial charge in [0.25, 0.3) is 0 Å². The topological polar surface area (TPSA) is 129 Å². The van der Waals surface area contributed by atoms with Crippen molar-refractivity contribution in [3.05, 3.63) is 15.3 Å². The van der Waals surface area contributed by atoms with Crippen LogP contribution in [0.4, 0.5) is 0 Å². The molecule has 0 spiro atoms. The summed E-state index contributed by atoms with van der Waals surface area (Å²) in [6, 6.07) is 0. The van der Waals surface area contributed by atoms with Crippen LogP contribution < -0.4 is 51.4 Å². The molecule has 0 rings (SSSR count). The van der Waals surface area contributed by atoms with Gasteiger partial charge in [0.1, 0.15) is 0 Å². The van der Waals surface area contributed by atoms with E-state index in [0.717, 1.165) is 0 Å². The zero-order valence-corrected chi connectivity index (χ0v) is 10.4. The maximum absolute atomic E-state index is 8.25. The van der Waals surface area contributed by atoms with Crippen LogP contribution in [0.3, 0.4) is 0 Å². The molecule has 0 saturated carbocycles. The summed E-state index contributed by atoms with van der Waals surface area (Å²) in [7, 11) is 0. The van der Waals surface area contributed by atoms with Gasteiger partial charge in [-0.1, -0.05) is 0 Å². The van der Waals surface area contributed by atoms with Gasteiger partial charge in [0, 0.05) is 0 Å². The van der Waals surface area contributed by atoms with Gasteiger partial charge in [-0.25, -0.2) is 0 Å². The number of hydrogen-bond donors (Lipinski definition) is 0. The van der Waals surface area contributed by atoms with Crippen molar-refractivity contribution in [2.75, 3.05) is 0 Å². The van der Waals surface area contributed by atoms with E-state index in [4.69, 9.17) is 15.3 Å². The minimum Gasteiger partial charge on any atom is -0.412 e. The van der Waals surface area contributed by atoms with Crippen LogP contribution in [0.2, 0.25) is 0 Å². The van der Waals surface area contributed by atoms with Gasteiger partial charge in [0.2, 0.25) is 0 Å². The second-order valence-corrected chi connectivity index (χ2v) is 0.224. The van der Waals surface area contributed by atoms with Crippen LogP contribution in [0.25, 0.3) is 0 Å². The predicted octanol–water partition coefficient (Wildman–Crippen LogP) is -4.88. The van der Waals surface area contributed by atoms with Crippen molar-refractivity contribution in [2.24, 2.45) is 0 Å². The van der Waals surface area contributed by atoms with Gasteiger partial charge in [-0.3, -0.25) is 0 Å². The minimum atomic E-state index is -1.75. The molecular formula is H4CeKNO5+3. The van der Waals surface area contributed by atoms with E-state index in [1.807, 2.05) is 0 Å². The molecule has 0 aliphatic rings. The van der Waals surface area contributed by atoms with Crippen molar-refractivity contribution in [1.29, 1.82) is 0 Å². The Labute approximate surface area is 122 Å². The third-order valence-electron chi connectivity index (χ3n) is 0. The maximum Gasteiger partial charge on any atom is 3.00 e. The monoisotopic (exact) mass is 277 g/mol. The van der Waals surface area contributed by atoms with Gasteiger partial charge in [-0.05, 0) is 0 Å². The summed E-state index contributed by atoms with van der Waals surface area (Å²) in [5.74, 6) is 0. The van der Waals surface area contributed by atoms with E-state index in [0.29, 0.717) is 0 Å². The number of hydrogen-bond acceptors (Lipinski definition) is 3. The van der Waals surface area contributed by atoms with E-state index in [-0.39, 0.29) is 104 Å². The van der Waals surface area contributed by atoms with Crippen molar-refractivity contribution < 1.29 is 109 Å². The van der Waals surface area contributed by atoms with Crippen molar-refractivity contribution in [3.63, 3.8) is 0 Å². The summed E-state index contributed by atoms with van der Waals surface area (Å²) < 4.78 is 0. The first-order valence-corrected chi connectivity index (χ1v) is 0.548. The van der Waals surface area contributed by atoms with Crippen LogP contribution in [0.5, 0.6) is 0 Å². The summed E-state index contributed by atoms with van der Waals surface area (Å²) in [6.07, 6.45) is 0. The van der Waals surface area contributed by atoms with Gasteiger partial charge in [0.15, 0.2) is 0 Å². The Balaban J connectivity index is -0.00000000750. The molecule has 0 aromatic carbocycles. The van der Waals surface area contributed by atoms with E-state index in [1.165, 1.54) is 0 Å². The van der Waals surface area contributed by atoms with E-state index >= 15 is 0 Å². The molecule has 1 radical (unpaired) electrons. The molecule has 0 fully saturated rings. The smallest absolute Gasteiger partial charge is 0.412 e. The molecule has 0 aromatic heterocycles. The molecule has 8 heteroatoms. The van der Waals surface area contributed by atoms with Gasteiger partial charge >= 0.3 is 93.1 Å². The first-order chi connectivity index (χ1) is 1.73. The molecule has 0 amide bonds. The molecule has 0 heterocycles. The van der Waals surface area contributed by atoms with Crippen molar-refractivity contribution in [3.8, 4) is 0 Å². The average Bonchev–Trinajstić information content (AvgIpc) is 0.811. The summed E-state index contributed by atoms with van der Waals surface area (Å²) >= 11 is 0. The van der Waals surface area contributed by atoms with Gasteiger partial charge < -0.3 is 26.3 Å². The Bertz CT molecular complexity index is 35.4. The van der Waals surface area contributed by atoms with Gasteiger partial charge in [-0.2, -0.15) is 0 Å².